The number of imidazole rings is 1. The monoisotopic (exact) mass is 420 g/mol. The van der Waals surface area contributed by atoms with E-state index in [0.29, 0.717) is 41.2 Å². The second-order valence-electron chi connectivity index (χ2n) is 7.13. The number of hydrogen-bond donors (Lipinski definition) is 3. The maximum absolute atomic E-state index is 9.84. The van der Waals surface area contributed by atoms with Crippen LogP contribution in [-0.2, 0) is 22.4 Å². The second-order valence-corrected chi connectivity index (χ2v) is 7.53. The van der Waals surface area contributed by atoms with E-state index in [0.717, 1.165) is 17.9 Å². The summed E-state index contributed by atoms with van der Waals surface area (Å²) < 4.78 is 22.7. The van der Waals surface area contributed by atoms with Crippen molar-refractivity contribution in [3.8, 4) is 6.01 Å². The summed E-state index contributed by atoms with van der Waals surface area (Å²) in [6.07, 6.45) is -0.798. The largest absolute Gasteiger partial charge is 0.464 e. The summed E-state index contributed by atoms with van der Waals surface area (Å²) in [5.74, 6) is 2.25. The van der Waals surface area contributed by atoms with Gasteiger partial charge in [-0.3, -0.25) is 0 Å². The number of H-pyrrole nitrogens is 1. The number of aromatic nitrogens is 3. The molecule has 0 aliphatic carbocycles. The summed E-state index contributed by atoms with van der Waals surface area (Å²) in [5, 5.41) is 13.5. The topological polar surface area (TPSA) is 115 Å². The summed E-state index contributed by atoms with van der Waals surface area (Å²) in [6.45, 7) is 3.08. The number of pyridine rings is 1. The van der Waals surface area contributed by atoms with Gasteiger partial charge in [0.25, 0.3) is 6.01 Å². The number of halogens is 1. The molecule has 5 heterocycles. The van der Waals surface area contributed by atoms with Crippen LogP contribution in [0.2, 0.25) is 5.02 Å². The predicted octanol–water partition coefficient (Wildman–Crippen LogP) is 2.28. The summed E-state index contributed by atoms with van der Waals surface area (Å²) in [6, 6.07) is 5.93. The van der Waals surface area contributed by atoms with Gasteiger partial charge in [0.15, 0.2) is 11.8 Å². The molecule has 10 heteroatoms. The second kappa shape index (κ2) is 7.49. The van der Waals surface area contributed by atoms with E-state index in [9.17, 15) is 5.11 Å². The lowest BCUT2D eigenvalue weighted by Gasteiger charge is -2.15. The highest BCUT2D eigenvalue weighted by molar-refractivity contribution is 6.33. The fourth-order valence-electron chi connectivity index (χ4n) is 3.64. The third-order valence-electron chi connectivity index (χ3n) is 5.15. The molecule has 0 amide bonds. The normalized spacial score (nSPS) is 26.2. The summed E-state index contributed by atoms with van der Waals surface area (Å²) in [4.78, 5) is 11.9. The molecule has 2 fully saturated rings. The molecule has 5 rings (SSSR count). The van der Waals surface area contributed by atoms with E-state index >= 15 is 0 Å². The van der Waals surface area contributed by atoms with Gasteiger partial charge < -0.3 is 34.0 Å². The number of anilines is 1. The number of aromatic amines is 1. The van der Waals surface area contributed by atoms with Crippen molar-refractivity contribution < 1.29 is 23.7 Å². The van der Waals surface area contributed by atoms with Crippen molar-refractivity contribution in [1.29, 1.82) is 0 Å². The fourth-order valence-corrected chi connectivity index (χ4v) is 3.86. The van der Waals surface area contributed by atoms with Crippen LogP contribution < -0.4 is 10.1 Å². The number of aliphatic hydroxyl groups is 1. The van der Waals surface area contributed by atoms with Gasteiger partial charge in [-0.15, -0.1) is 0 Å². The average molecular weight is 421 g/mol. The Morgan fingerprint density at radius 3 is 2.90 bits per heavy atom. The van der Waals surface area contributed by atoms with Crippen LogP contribution >= 0.6 is 11.6 Å². The summed E-state index contributed by atoms with van der Waals surface area (Å²) >= 11 is 6.36. The zero-order valence-electron chi connectivity index (χ0n) is 15.7. The van der Waals surface area contributed by atoms with E-state index in [1.807, 2.05) is 19.1 Å². The molecule has 3 aromatic heterocycles. The number of rotatable bonds is 6. The molecule has 0 aromatic carbocycles. The van der Waals surface area contributed by atoms with Crippen molar-refractivity contribution in [2.75, 3.05) is 18.5 Å². The van der Waals surface area contributed by atoms with Gasteiger partial charge in [0.05, 0.1) is 30.3 Å². The van der Waals surface area contributed by atoms with E-state index in [1.165, 1.54) is 0 Å². The van der Waals surface area contributed by atoms with Crippen molar-refractivity contribution in [1.82, 2.24) is 15.0 Å². The predicted molar refractivity (Wildman–Crippen MR) is 104 cm³/mol. The molecule has 0 saturated carbocycles. The first-order valence-corrected chi connectivity index (χ1v) is 9.94. The van der Waals surface area contributed by atoms with Crippen LogP contribution in [0.4, 0.5) is 5.82 Å². The molecule has 29 heavy (non-hydrogen) atoms. The van der Waals surface area contributed by atoms with Crippen LogP contribution in [0.5, 0.6) is 6.01 Å². The maximum atomic E-state index is 9.84. The molecule has 3 aromatic rings. The minimum atomic E-state index is -0.624. The molecule has 3 N–H and O–H groups in total. The summed E-state index contributed by atoms with van der Waals surface area (Å²) in [5.41, 5.74) is 1.13. The lowest BCUT2D eigenvalue weighted by atomic mass is 10.1. The van der Waals surface area contributed by atoms with Crippen LogP contribution in [0.1, 0.15) is 18.4 Å². The summed E-state index contributed by atoms with van der Waals surface area (Å²) in [7, 11) is 0. The van der Waals surface area contributed by atoms with Gasteiger partial charge in [0.1, 0.15) is 35.7 Å². The van der Waals surface area contributed by atoms with Crippen LogP contribution in [0.3, 0.4) is 0 Å². The zero-order chi connectivity index (χ0) is 20.0. The van der Waals surface area contributed by atoms with Crippen molar-refractivity contribution >= 4 is 28.6 Å². The Balaban J connectivity index is 1.30. The van der Waals surface area contributed by atoms with Gasteiger partial charge in [0, 0.05) is 6.42 Å². The number of ether oxygens (including phenoxy) is 3. The molecule has 154 valence electrons. The SMILES string of the molecule is CCc1ccc(CNc2nc3nc(O[C@@H]4CO[C@H]5[C@@H]4OC[C@H]5O)[nH]c3cc2Cl)o1. The maximum Gasteiger partial charge on any atom is 0.296 e. The lowest BCUT2D eigenvalue weighted by molar-refractivity contribution is 0.00706. The average Bonchev–Trinajstić information content (AvgIpc) is 3.47. The molecular weight excluding hydrogens is 400 g/mol. The highest BCUT2D eigenvalue weighted by Gasteiger charge is 2.48. The Bertz CT molecular complexity index is 1020. The molecule has 0 bridgehead atoms. The van der Waals surface area contributed by atoms with Crippen molar-refractivity contribution in [3.63, 3.8) is 0 Å². The highest BCUT2D eigenvalue weighted by atomic mass is 35.5. The Kier molecular flexibility index (Phi) is 4.83. The van der Waals surface area contributed by atoms with Gasteiger partial charge in [0.2, 0.25) is 0 Å². The molecule has 0 radical (unpaired) electrons. The molecule has 9 nitrogen and oxygen atoms in total. The molecule has 4 atom stereocenters. The fraction of sp³-hybridized carbons (Fsp3) is 0.474. The first-order valence-electron chi connectivity index (χ1n) is 9.56. The smallest absolute Gasteiger partial charge is 0.296 e. The first kappa shape index (κ1) is 18.7. The Labute approximate surface area is 171 Å². The van der Waals surface area contributed by atoms with Crippen LogP contribution in [0, 0.1) is 0 Å². The number of nitrogens with zero attached hydrogens (tertiary/aromatic N) is 2. The Morgan fingerprint density at radius 1 is 1.24 bits per heavy atom. The van der Waals surface area contributed by atoms with E-state index in [1.54, 1.807) is 6.07 Å². The van der Waals surface area contributed by atoms with Crippen molar-refractivity contribution in [2.24, 2.45) is 0 Å². The zero-order valence-corrected chi connectivity index (χ0v) is 16.5. The number of fused-ring (bicyclic) bond motifs is 2. The van der Waals surface area contributed by atoms with Crippen molar-refractivity contribution in [3.05, 3.63) is 34.7 Å². The number of aliphatic hydroxyl groups excluding tert-OH is 1. The quantitative estimate of drug-likeness (QED) is 0.556. The number of hydrogen-bond acceptors (Lipinski definition) is 8. The van der Waals surface area contributed by atoms with Crippen molar-refractivity contribution in [2.45, 2.75) is 44.3 Å². The standard InChI is InChI=1S/C19H21ClN4O5/c1-2-9-3-4-10(28-9)6-21-17-11(20)5-12-18(23-17)24-19(22-12)29-14-8-27-15-13(25)7-26-16(14)15/h3-5,13-16,25H,2,6-8H2,1H3,(H2,21,22,23,24)/t13-,14-,15-,16-/m1/s1. The van der Waals surface area contributed by atoms with E-state index < -0.39 is 6.10 Å². The number of aryl methyl sites for hydroxylation is 1. The Hall–Kier alpha value is -2.33. The molecule has 2 aliphatic heterocycles. The molecule has 2 aliphatic rings. The lowest BCUT2D eigenvalue weighted by Crippen LogP contribution is -2.34. The third kappa shape index (κ3) is 3.55. The van der Waals surface area contributed by atoms with Crippen LogP contribution in [-0.4, -0.2) is 57.7 Å². The number of furan rings is 1. The number of nitrogens with one attached hydrogen (secondary N) is 2. The molecule has 0 spiro atoms. The highest BCUT2D eigenvalue weighted by Crippen LogP contribution is 2.30. The van der Waals surface area contributed by atoms with Gasteiger partial charge in [-0.05, 0) is 18.2 Å². The van der Waals surface area contributed by atoms with Gasteiger partial charge in [-0.25, -0.2) is 4.98 Å². The van der Waals surface area contributed by atoms with Crippen LogP contribution in [0.15, 0.2) is 22.6 Å². The van der Waals surface area contributed by atoms with E-state index in [2.05, 4.69) is 20.3 Å². The van der Waals surface area contributed by atoms with Gasteiger partial charge in [-0.1, -0.05) is 18.5 Å². The third-order valence-corrected chi connectivity index (χ3v) is 5.43. The van der Waals surface area contributed by atoms with E-state index in [4.69, 9.17) is 30.2 Å². The minimum Gasteiger partial charge on any atom is -0.464 e. The van der Waals surface area contributed by atoms with E-state index in [-0.39, 0.29) is 24.9 Å². The molecule has 0 unspecified atom stereocenters. The minimum absolute atomic E-state index is 0.247. The molecular formula is C19H21ClN4O5. The van der Waals surface area contributed by atoms with Gasteiger partial charge >= 0.3 is 0 Å². The van der Waals surface area contributed by atoms with Crippen LogP contribution in [0.25, 0.3) is 11.2 Å². The molecule has 2 saturated heterocycles. The Morgan fingerprint density at radius 2 is 2.07 bits per heavy atom. The first-order chi connectivity index (χ1) is 14.1. The van der Waals surface area contributed by atoms with Gasteiger partial charge in [-0.2, -0.15) is 4.98 Å².